The highest BCUT2D eigenvalue weighted by atomic mass is 35.5. The topological polar surface area (TPSA) is 70.7 Å². The summed E-state index contributed by atoms with van der Waals surface area (Å²) in [5.74, 6) is -0.202. The number of carbonyl (C=O) groups is 1. The highest BCUT2D eigenvalue weighted by Gasteiger charge is 2.13. The van der Waals surface area contributed by atoms with Crippen LogP contribution in [0.15, 0.2) is 60.9 Å². The minimum atomic E-state index is -0.202. The highest BCUT2D eigenvalue weighted by molar-refractivity contribution is 6.31. The number of nitrogens with zero attached hydrogens (tertiary/aromatic N) is 3. The molecule has 0 bridgehead atoms. The van der Waals surface area contributed by atoms with Crippen LogP contribution in [0.25, 0.3) is 0 Å². The van der Waals surface area contributed by atoms with Gasteiger partial charge in [-0.2, -0.15) is 10.4 Å². The maximum atomic E-state index is 12.4. The molecule has 0 radical (unpaired) electrons. The molecule has 0 fully saturated rings. The molecule has 0 aliphatic heterocycles. The van der Waals surface area contributed by atoms with Crippen molar-refractivity contribution in [3.05, 3.63) is 88.2 Å². The zero-order valence-electron chi connectivity index (χ0n) is 14.2. The van der Waals surface area contributed by atoms with Crippen molar-refractivity contribution in [1.82, 2.24) is 15.1 Å². The van der Waals surface area contributed by atoms with Gasteiger partial charge in [-0.3, -0.25) is 9.48 Å². The Bertz CT molecular complexity index is 956. The van der Waals surface area contributed by atoms with Crippen LogP contribution in [-0.2, 0) is 6.54 Å². The number of rotatable bonds is 5. The third-order valence-corrected chi connectivity index (χ3v) is 4.44. The van der Waals surface area contributed by atoms with Gasteiger partial charge in [-0.25, -0.2) is 0 Å². The second kappa shape index (κ2) is 7.85. The van der Waals surface area contributed by atoms with Gasteiger partial charge < -0.3 is 5.32 Å². The van der Waals surface area contributed by atoms with Gasteiger partial charge in [-0.1, -0.05) is 41.9 Å². The van der Waals surface area contributed by atoms with Gasteiger partial charge in [0, 0.05) is 11.2 Å². The summed E-state index contributed by atoms with van der Waals surface area (Å²) in [5, 5.41) is 16.7. The minimum absolute atomic E-state index is 0.179. The summed E-state index contributed by atoms with van der Waals surface area (Å²) >= 11 is 6.16. The molecular weight excluding hydrogens is 348 g/mol. The van der Waals surface area contributed by atoms with E-state index in [0.29, 0.717) is 22.7 Å². The van der Waals surface area contributed by atoms with Gasteiger partial charge in [0.1, 0.15) is 0 Å². The second-order valence-corrected chi connectivity index (χ2v) is 6.35. The quantitative estimate of drug-likeness (QED) is 0.745. The molecular formula is C20H17ClN4O. The van der Waals surface area contributed by atoms with E-state index in [1.807, 2.05) is 43.3 Å². The van der Waals surface area contributed by atoms with Gasteiger partial charge in [0.15, 0.2) is 0 Å². The number of carbonyl (C=O) groups excluding carboxylic acids is 1. The molecule has 1 heterocycles. The SMILES string of the molecule is CC(NC(=O)c1cnn(Cc2ccccc2Cl)c1)c1ccc(C#N)cc1. The number of amides is 1. The van der Waals surface area contributed by atoms with Crippen molar-refractivity contribution in [3.8, 4) is 6.07 Å². The zero-order valence-corrected chi connectivity index (χ0v) is 14.9. The maximum absolute atomic E-state index is 12.4. The summed E-state index contributed by atoms with van der Waals surface area (Å²) < 4.78 is 1.68. The number of nitriles is 1. The summed E-state index contributed by atoms with van der Waals surface area (Å²) in [4.78, 5) is 12.4. The maximum Gasteiger partial charge on any atom is 0.254 e. The molecule has 0 saturated carbocycles. The Labute approximate surface area is 156 Å². The van der Waals surface area contributed by atoms with Crippen LogP contribution in [0.4, 0.5) is 0 Å². The number of hydrogen-bond donors (Lipinski definition) is 1. The Balaban J connectivity index is 1.66. The van der Waals surface area contributed by atoms with Gasteiger partial charge in [-0.15, -0.1) is 0 Å². The van der Waals surface area contributed by atoms with Gasteiger partial charge >= 0.3 is 0 Å². The van der Waals surface area contributed by atoms with E-state index in [4.69, 9.17) is 16.9 Å². The largest absolute Gasteiger partial charge is 0.345 e. The minimum Gasteiger partial charge on any atom is -0.345 e. The summed E-state index contributed by atoms with van der Waals surface area (Å²) in [6, 6.07) is 16.6. The summed E-state index contributed by atoms with van der Waals surface area (Å²) in [7, 11) is 0. The third-order valence-electron chi connectivity index (χ3n) is 4.07. The van der Waals surface area contributed by atoms with E-state index in [1.54, 1.807) is 23.0 Å². The highest BCUT2D eigenvalue weighted by Crippen LogP contribution is 2.17. The smallest absolute Gasteiger partial charge is 0.254 e. The lowest BCUT2D eigenvalue weighted by atomic mass is 10.1. The van der Waals surface area contributed by atoms with Gasteiger partial charge in [0.2, 0.25) is 0 Å². The molecule has 1 atom stereocenters. The molecule has 130 valence electrons. The fourth-order valence-corrected chi connectivity index (χ4v) is 2.77. The first-order chi connectivity index (χ1) is 12.6. The molecule has 6 heteroatoms. The first-order valence-corrected chi connectivity index (χ1v) is 8.51. The van der Waals surface area contributed by atoms with Crippen molar-refractivity contribution in [2.24, 2.45) is 0 Å². The van der Waals surface area contributed by atoms with Crippen LogP contribution in [0.3, 0.4) is 0 Å². The lowest BCUT2D eigenvalue weighted by Gasteiger charge is -2.13. The molecule has 1 unspecified atom stereocenters. The van der Waals surface area contributed by atoms with Crippen LogP contribution in [0, 0.1) is 11.3 Å². The van der Waals surface area contributed by atoms with Crippen molar-refractivity contribution in [1.29, 1.82) is 5.26 Å². The Morgan fingerprint density at radius 1 is 1.27 bits per heavy atom. The van der Waals surface area contributed by atoms with Crippen molar-refractivity contribution in [2.45, 2.75) is 19.5 Å². The van der Waals surface area contributed by atoms with E-state index in [-0.39, 0.29) is 11.9 Å². The van der Waals surface area contributed by atoms with Gasteiger partial charge in [-0.05, 0) is 36.2 Å². The molecule has 5 nitrogen and oxygen atoms in total. The lowest BCUT2D eigenvalue weighted by Crippen LogP contribution is -2.26. The molecule has 3 rings (SSSR count). The van der Waals surface area contributed by atoms with E-state index >= 15 is 0 Å². The molecule has 0 saturated heterocycles. The molecule has 1 aromatic heterocycles. The molecule has 0 aliphatic carbocycles. The molecule has 0 spiro atoms. The van der Waals surface area contributed by atoms with E-state index in [1.165, 1.54) is 6.20 Å². The predicted octanol–water partition coefficient (Wildman–Crippen LogP) is 3.95. The lowest BCUT2D eigenvalue weighted by molar-refractivity contribution is 0.0940. The van der Waals surface area contributed by atoms with Crippen molar-refractivity contribution in [3.63, 3.8) is 0 Å². The number of hydrogen-bond acceptors (Lipinski definition) is 3. The van der Waals surface area contributed by atoms with Crippen molar-refractivity contribution < 1.29 is 4.79 Å². The summed E-state index contributed by atoms with van der Waals surface area (Å²) in [6.07, 6.45) is 3.24. The fourth-order valence-electron chi connectivity index (χ4n) is 2.58. The second-order valence-electron chi connectivity index (χ2n) is 5.95. The van der Waals surface area contributed by atoms with Crippen LogP contribution >= 0.6 is 11.6 Å². The number of aromatic nitrogens is 2. The van der Waals surface area contributed by atoms with E-state index in [0.717, 1.165) is 11.1 Å². The number of nitrogens with one attached hydrogen (secondary N) is 1. The average molecular weight is 365 g/mol. The Morgan fingerprint density at radius 3 is 2.69 bits per heavy atom. The standard InChI is InChI=1S/C20H17ClN4O/c1-14(16-8-6-15(10-22)7-9-16)24-20(26)18-11-23-25(13-18)12-17-4-2-3-5-19(17)21/h2-9,11,13-14H,12H2,1H3,(H,24,26). The number of benzene rings is 2. The van der Waals surface area contributed by atoms with E-state index in [9.17, 15) is 4.79 Å². The normalized spacial score (nSPS) is 11.6. The molecule has 3 aromatic rings. The first kappa shape index (κ1) is 17.7. The third kappa shape index (κ3) is 4.11. The molecule has 1 N–H and O–H groups in total. The molecule has 1 amide bonds. The Hall–Kier alpha value is -3.10. The van der Waals surface area contributed by atoms with Crippen LogP contribution in [0.5, 0.6) is 0 Å². The Morgan fingerprint density at radius 2 is 2.00 bits per heavy atom. The summed E-state index contributed by atoms with van der Waals surface area (Å²) in [5.41, 5.74) is 2.95. The van der Waals surface area contributed by atoms with Crippen molar-refractivity contribution in [2.75, 3.05) is 0 Å². The van der Waals surface area contributed by atoms with Crippen molar-refractivity contribution >= 4 is 17.5 Å². The monoisotopic (exact) mass is 364 g/mol. The van der Waals surface area contributed by atoms with Crippen LogP contribution in [0.1, 0.15) is 40.0 Å². The van der Waals surface area contributed by atoms with E-state index in [2.05, 4.69) is 16.5 Å². The molecule has 0 aliphatic rings. The van der Waals surface area contributed by atoms with Gasteiger partial charge in [0.05, 0.1) is 36.0 Å². The van der Waals surface area contributed by atoms with Crippen LogP contribution in [-0.4, -0.2) is 15.7 Å². The Kier molecular flexibility index (Phi) is 5.35. The first-order valence-electron chi connectivity index (χ1n) is 8.13. The van der Waals surface area contributed by atoms with E-state index < -0.39 is 0 Å². The zero-order chi connectivity index (χ0) is 18.5. The number of halogens is 1. The average Bonchev–Trinajstić information content (AvgIpc) is 3.12. The summed E-state index contributed by atoms with van der Waals surface area (Å²) in [6.45, 7) is 2.39. The fraction of sp³-hybridized carbons (Fsp3) is 0.150. The van der Waals surface area contributed by atoms with Gasteiger partial charge in [0.25, 0.3) is 5.91 Å². The molecule has 26 heavy (non-hydrogen) atoms. The van der Waals surface area contributed by atoms with Crippen LogP contribution in [0.2, 0.25) is 5.02 Å². The molecule has 2 aromatic carbocycles. The van der Waals surface area contributed by atoms with Crippen LogP contribution < -0.4 is 5.32 Å². The predicted molar refractivity (Wildman–Crippen MR) is 99.8 cm³/mol.